The normalized spacial score (nSPS) is 15.6. The number of hydrogen-bond acceptors (Lipinski definition) is 3. The molecule has 0 aromatic heterocycles. The van der Waals surface area contributed by atoms with E-state index in [1.807, 2.05) is 20.8 Å². The summed E-state index contributed by atoms with van der Waals surface area (Å²) < 4.78 is 19.6. The molecule has 0 bridgehead atoms. The standard InChI is InChI=1S/C9H13.3C2H5O.Hf/c1-2-3-6-9-7-4-5-8-9;3*1-2-3;/h4,7H,2-3,5-6H2,1H3;3*2H2,1H3;/q;3*-1;+3. The summed E-state index contributed by atoms with van der Waals surface area (Å²) in [6, 6.07) is 0. The van der Waals surface area contributed by atoms with Crippen molar-refractivity contribution in [1.29, 1.82) is 0 Å². The Labute approximate surface area is 124 Å². The Morgan fingerprint density at radius 2 is 1.58 bits per heavy atom. The molecule has 3 nitrogen and oxygen atoms in total. The second kappa shape index (κ2) is 9.22. The third-order valence-electron chi connectivity index (χ3n) is 3.20. The Morgan fingerprint density at radius 1 is 1.00 bits per heavy atom. The average molecular weight is 435 g/mol. The van der Waals surface area contributed by atoms with E-state index in [0.29, 0.717) is 19.8 Å². The molecule has 0 aliphatic heterocycles. The van der Waals surface area contributed by atoms with Crippen LogP contribution in [0.4, 0.5) is 0 Å². The molecular weight excluding hydrogens is 407 g/mol. The summed E-state index contributed by atoms with van der Waals surface area (Å²) in [5, 5.41) is 0. The van der Waals surface area contributed by atoms with Gasteiger partial charge in [0.2, 0.25) is 0 Å². The van der Waals surface area contributed by atoms with Crippen LogP contribution in [0.5, 0.6) is 0 Å². The minimum absolute atomic E-state index is 0.673. The van der Waals surface area contributed by atoms with E-state index < -0.39 is 21.3 Å². The van der Waals surface area contributed by atoms with Crippen molar-refractivity contribution < 1.29 is 29.8 Å². The van der Waals surface area contributed by atoms with Crippen molar-refractivity contribution >= 4 is 0 Å². The summed E-state index contributed by atoms with van der Waals surface area (Å²) in [7, 11) is 0. The van der Waals surface area contributed by atoms with Crippen LogP contribution in [0.3, 0.4) is 0 Å². The molecule has 1 aliphatic carbocycles. The molecule has 110 valence electrons. The summed E-state index contributed by atoms with van der Waals surface area (Å²) in [5.41, 5.74) is 1.42. The number of hydrogen-bond donors (Lipinski definition) is 0. The molecule has 0 N–H and O–H groups in total. The molecule has 0 aromatic rings. The Bertz CT molecular complexity index is 306. The SMILES string of the molecule is CCCCC1=[C]([Hf]([O]CC)([O]CC)[O]CC)CC=C1. The van der Waals surface area contributed by atoms with Crippen molar-refractivity contribution in [2.75, 3.05) is 19.8 Å². The molecule has 0 saturated carbocycles. The van der Waals surface area contributed by atoms with Crippen molar-refractivity contribution in [2.24, 2.45) is 0 Å². The third-order valence-corrected chi connectivity index (χ3v) is 15.0. The molecule has 1 aliphatic rings. The Balaban J connectivity index is 2.99. The zero-order valence-corrected chi connectivity index (χ0v) is 16.4. The summed E-state index contributed by atoms with van der Waals surface area (Å²) in [5.74, 6) is 0. The fourth-order valence-electron chi connectivity index (χ4n) is 2.43. The fraction of sp³-hybridized carbons (Fsp3) is 0.733. The first-order chi connectivity index (χ1) is 9.24. The van der Waals surface area contributed by atoms with Crippen molar-refractivity contribution in [3.8, 4) is 0 Å². The van der Waals surface area contributed by atoms with E-state index in [-0.39, 0.29) is 0 Å². The van der Waals surface area contributed by atoms with E-state index in [9.17, 15) is 0 Å². The van der Waals surface area contributed by atoms with Crippen LogP contribution in [0.1, 0.15) is 53.4 Å². The Morgan fingerprint density at radius 3 is 2.05 bits per heavy atom. The quantitative estimate of drug-likeness (QED) is 0.477. The molecule has 0 unspecified atom stereocenters. The first kappa shape index (κ1) is 17.3. The molecular formula is C15H28HfO3. The van der Waals surface area contributed by atoms with Crippen LogP contribution in [-0.2, 0) is 29.8 Å². The third kappa shape index (κ3) is 4.62. The molecule has 0 amide bonds. The number of unbranched alkanes of at least 4 members (excludes halogenated alkanes) is 1. The molecule has 0 spiro atoms. The van der Waals surface area contributed by atoms with Gasteiger partial charge in [-0.05, 0) is 0 Å². The van der Waals surface area contributed by atoms with Crippen molar-refractivity contribution in [2.45, 2.75) is 53.4 Å². The summed E-state index contributed by atoms with van der Waals surface area (Å²) in [6.45, 7) is 10.3. The van der Waals surface area contributed by atoms with E-state index in [4.69, 9.17) is 8.56 Å². The van der Waals surface area contributed by atoms with E-state index in [1.165, 1.54) is 21.7 Å². The summed E-state index contributed by atoms with van der Waals surface area (Å²) in [6.07, 6.45) is 8.99. The predicted octanol–water partition coefficient (Wildman–Crippen LogP) is 4.40. The Hall–Kier alpha value is 0.230. The van der Waals surface area contributed by atoms with Gasteiger partial charge in [0.25, 0.3) is 0 Å². The first-order valence-electron chi connectivity index (χ1n) is 7.54. The van der Waals surface area contributed by atoms with Gasteiger partial charge in [0.05, 0.1) is 0 Å². The van der Waals surface area contributed by atoms with Crippen LogP contribution in [0.25, 0.3) is 0 Å². The van der Waals surface area contributed by atoms with Gasteiger partial charge in [-0.25, -0.2) is 0 Å². The topological polar surface area (TPSA) is 27.7 Å². The minimum atomic E-state index is -3.66. The van der Waals surface area contributed by atoms with Gasteiger partial charge in [-0.2, -0.15) is 0 Å². The van der Waals surface area contributed by atoms with Gasteiger partial charge in [0, 0.05) is 0 Å². The second-order valence-corrected chi connectivity index (χ2v) is 13.8. The van der Waals surface area contributed by atoms with E-state index in [1.54, 1.807) is 0 Å². The average Bonchev–Trinajstić information content (AvgIpc) is 2.86. The monoisotopic (exact) mass is 436 g/mol. The van der Waals surface area contributed by atoms with E-state index >= 15 is 0 Å². The first-order valence-corrected chi connectivity index (χ1v) is 13.7. The van der Waals surface area contributed by atoms with Crippen LogP contribution in [0, 0.1) is 0 Å². The summed E-state index contributed by atoms with van der Waals surface area (Å²) in [4.78, 5) is 0. The van der Waals surface area contributed by atoms with Crippen molar-refractivity contribution in [3.63, 3.8) is 0 Å². The van der Waals surface area contributed by atoms with Crippen molar-refractivity contribution in [1.82, 2.24) is 0 Å². The van der Waals surface area contributed by atoms with Gasteiger partial charge in [-0.15, -0.1) is 0 Å². The van der Waals surface area contributed by atoms with Crippen LogP contribution in [0.15, 0.2) is 21.1 Å². The number of rotatable bonds is 10. The molecule has 0 aromatic carbocycles. The predicted molar refractivity (Wildman–Crippen MR) is 75.2 cm³/mol. The molecule has 4 heteroatoms. The van der Waals surface area contributed by atoms with Gasteiger partial charge >= 0.3 is 124 Å². The zero-order valence-electron chi connectivity index (χ0n) is 12.8. The Kier molecular flexibility index (Phi) is 8.38. The zero-order chi connectivity index (χ0) is 14.1. The fourth-order valence-corrected chi connectivity index (χ4v) is 12.8. The second-order valence-electron chi connectivity index (χ2n) is 4.57. The van der Waals surface area contributed by atoms with Gasteiger partial charge < -0.3 is 0 Å². The molecule has 0 heterocycles. The summed E-state index contributed by atoms with van der Waals surface area (Å²) >= 11 is -3.66. The molecule has 0 saturated heterocycles. The molecule has 0 atom stereocenters. The maximum absolute atomic E-state index is 6.08. The number of allylic oxidation sites excluding steroid dienone is 4. The van der Waals surface area contributed by atoms with Gasteiger partial charge in [-0.1, -0.05) is 0 Å². The van der Waals surface area contributed by atoms with E-state index in [0.717, 1.165) is 12.8 Å². The van der Waals surface area contributed by atoms with Crippen LogP contribution in [0.2, 0.25) is 0 Å². The van der Waals surface area contributed by atoms with Crippen LogP contribution >= 0.6 is 0 Å². The van der Waals surface area contributed by atoms with Gasteiger partial charge in [-0.3, -0.25) is 0 Å². The van der Waals surface area contributed by atoms with Crippen LogP contribution in [-0.4, -0.2) is 19.8 Å². The van der Waals surface area contributed by atoms with Crippen LogP contribution < -0.4 is 0 Å². The van der Waals surface area contributed by atoms with Gasteiger partial charge in [0.15, 0.2) is 0 Å². The molecule has 19 heavy (non-hydrogen) atoms. The maximum atomic E-state index is 6.08. The van der Waals surface area contributed by atoms with Gasteiger partial charge in [0.1, 0.15) is 0 Å². The van der Waals surface area contributed by atoms with Crippen molar-refractivity contribution in [3.05, 3.63) is 21.1 Å². The molecule has 1 rings (SSSR count). The molecule has 0 radical (unpaired) electrons. The van der Waals surface area contributed by atoms with E-state index in [2.05, 4.69) is 19.1 Å². The molecule has 0 fully saturated rings.